The molecule has 1 saturated heterocycles. The van der Waals surface area contributed by atoms with E-state index in [9.17, 15) is 0 Å². The average Bonchev–Trinajstić information content (AvgIpc) is 2.93. The quantitative estimate of drug-likeness (QED) is 0.847. The van der Waals surface area contributed by atoms with E-state index in [4.69, 9.17) is 0 Å². The summed E-state index contributed by atoms with van der Waals surface area (Å²) < 4.78 is 0. The summed E-state index contributed by atoms with van der Waals surface area (Å²) in [6.07, 6.45) is 1.23. The number of hydrogen-bond acceptors (Lipinski definition) is 1. The summed E-state index contributed by atoms with van der Waals surface area (Å²) in [4.78, 5) is 0. The molecular weight excluding hydrogens is 242 g/mol. The number of rotatable bonds is 2. The van der Waals surface area contributed by atoms with Gasteiger partial charge in [-0.2, -0.15) is 0 Å². The van der Waals surface area contributed by atoms with E-state index in [-0.39, 0.29) is 0 Å². The third kappa shape index (κ3) is 2.38. The fraction of sp³-hybridized carbons (Fsp3) is 0.368. The van der Waals surface area contributed by atoms with Crippen LogP contribution in [0.2, 0.25) is 0 Å². The molecule has 2 aromatic carbocycles. The fourth-order valence-electron chi connectivity index (χ4n) is 3.43. The van der Waals surface area contributed by atoms with Crippen molar-refractivity contribution < 1.29 is 0 Å². The minimum Gasteiger partial charge on any atom is -0.309 e. The molecule has 1 heterocycles. The van der Waals surface area contributed by atoms with Gasteiger partial charge in [-0.15, -0.1) is 0 Å². The van der Waals surface area contributed by atoms with Crippen LogP contribution in [0.15, 0.2) is 42.5 Å². The van der Waals surface area contributed by atoms with E-state index in [1.807, 2.05) is 0 Å². The van der Waals surface area contributed by atoms with Gasteiger partial charge in [-0.3, -0.25) is 0 Å². The van der Waals surface area contributed by atoms with Crippen LogP contribution in [0, 0.1) is 20.8 Å². The summed E-state index contributed by atoms with van der Waals surface area (Å²) in [5.41, 5.74) is 7.17. The van der Waals surface area contributed by atoms with E-state index in [0.717, 1.165) is 6.54 Å². The molecule has 20 heavy (non-hydrogen) atoms. The van der Waals surface area contributed by atoms with Gasteiger partial charge in [-0.1, -0.05) is 42.5 Å². The highest BCUT2D eigenvalue weighted by Crippen LogP contribution is 2.39. The molecule has 2 atom stereocenters. The van der Waals surface area contributed by atoms with Gasteiger partial charge < -0.3 is 5.32 Å². The maximum atomic E-state index is 3.68. The monoisotopic (exact) mass is 265 g/mol. The Labute approximate surface area is 122 Å². The zero-order valence-electron chi connectivity index (χ0n) is 12.6. The second-order valence-electron chi connectivity index (χ2n) is 6.03. The molecule has 2 unspecified atom stereocenters. The van der Waals surface area contributed by atoms with Crippen molar-refractivity contribution in [2.45, 2.75) is 39.2 Å². The highest BCUT2D eigenvalue weighted by molar-refractivity contribution is 5.41. The van der Waals surface area contributed by atoms with Crippen molar-refractivity contribution in [2.24, 2.45) is 0 Å². The van der Waals surface area contributed by atoms with Gasteiger partial charge in [-0.05, 0) is 61.6 Å². The van der Waals surface area contributed by atoms with E-state index in [1.165, 1.54) is 34.2 Å². The number of nitrogens with one attached hydrogen (secondary N) is 1. The van der Waals surface area contributed by atoms with Crippen molar-refractivity contribution in [3.05, 3.63) is 70.3 Å². The van der Waals surface area contributed by atoms with Gasteiger partial charge in [0, 0.05) is 12.0 Å². The Bertz CT molecular complexity index is 601. The largest absolute Gasteiger partial charge is 0.309 e. The Morgan fingerprint density at radius 2 is 1.60 bits per heavy atom. The van der Waals surface area contributed by atoms with Gasteiger partial charge in [0.1, 0.15) is 0 Å². The summed E-state index contributed by atoms with van der Waals surface area (Å²) in [5, 5.41) is 3.68. The smallest absolute Gasteiger partial charge is 0.0390 e. The lowest BCUT2D eigenvalue weighted by Gasteiger charge is -2.23. The first-order chi connectivity index (χ1) is 9.66. The minimum atomic E-state index is 0.456. The topological polar surface area (TPSA) is 12.0 Å². The summed E-state index contributed by atoms with van der Waals surface area (Å²) in [5.74, 6) is 0.594. The van der Waals surface area contributed by atoms with Crippen molar-refractivity contribution in [2.75, 3.05) is 6.54 Å². The third-order valence-corrected chi connectivity index (χ3v) is 4.66. The molecule has 1 fully saturated rings. The van der Waals surface area contributed by atoms with Gasteiger partial charge in [0.25, 0.3) is 0 Å². The summed E-state index contributed by atoms with van der Waals surface area (Å²) in [6, 6.07) is 16.0. The van der Waals surface area contributed by atoms with Gasteiger partial charge >= 0.3 is 0 Å². The van der Waals surface area contributed by atoms with Crippen molar-refractivity contribution in [3.63, 3.8) is 0 Å². The Balaban J connectivity index is 1.99. The van der Waals surface area contributed by atoms with Crippen molar-refractivity contribution in [1.29, 1.82) is 0 Å². The van der Waals surface area contributed by atoms with E-state index in [2.05, 4.69) is 68.6 Å². The number of aryl methyl sites for hydroxylation is 3. The molecule has 2 aromatic rings. The number of benzene rings is 2. The third-order valence-electron chi connectivity index (χ3n) is 4.66. The summed E-state index contributed by atoms with van der Waals surface area (Å²) >= 11 is 0. The average molecular weight is 265 g/mol. The lowest BCUT2D eigenvalue weighted by atomic mass is 9.84. The van der Waals surface area contributed by atoms with Crippen LogP contribution in [0.1, 0.15) is 46.2 Å². The van der Waals surface area contributed by atoms with Crippen LogP contribution < -0.4 is 5.32 Å². The zero-order chi connectivity index (χ0) is 14.1. The van der Waals surface area contributed by atoms with Crippen LogP contribution in [0.5, 0.6) is 0 Å². The summed E-state index contributed by atoms with van der Waals surface area (Å²) in [7, 11) is 0. The molecule has 0 radical (unpaired) electrons. The molecule has 0 amide bonds. The zero-order valence-corrected chi connectivity index (χ0v) is 12.6. The van der Waals surface area contributed by atoms with Crippen LogP contribution >= 0.6 is 0 Å². The molecule has 0 bridgehead atoms. The van der Waals surface area contributed by atoms with E-state index in [1.54, 1.807) is 0 Å². The predicted octanol–water partition coefficient (Wildman–Crippen LogP) is 4.43. The van der Waals surface area contributed by atoms with Crippen LogP contribution in [0.3, 0.4) is 0 Å². The molecule has 104 valence electrons. The summed E-state index contributed by atoms with van der Waals surface area (Å²) in [6.45, 7) is 7.78. The lowest BCUT2D eigenvalue weighted by molar-refractivity contribution is 0.575. The molecule has 0 aromatic heterocycles. The molecule has 1 nitrogen and oxygen atoms in total. The molecule has 1 heteroatoms. The Hall–Kier alpha value is -1.60. The molecule has 0 saturated carbocycles. The highest BCUT2D eigenvalue weighted by atomic mass is 15.0. The van der Waals surface area contributed by atoms with Crippen molar-refractivity contribution >= 4 is 0 Å². The molecule has 1 aliphatic heterocycles. The molecule has 1 aliphatic rings. The van der Waals surface area contributed by atoms with E-state index < -0.39 is 0 Å². The molecular formula is C19H23N. The van der Waals surface area contributed by atoms with Crippen LogP contribution in [-0.4, -0.2) is 6.54 Å². The van der Waals surface area contributed by atoms with Gasteiger partial charge in [0.2, 0.25) is 0 Å². The Kier molecular flexibility index (Phi) is 3.62. The first-order valence-electron chi connectivity index (χ1n) is 7.53. The molecule has 1 N–H and O–H groups in total. The van der Waals surface area contributed by atoms with Crippen molar-refractivity contribution in [1.82, 2.24) is 5.32 Å². The van der Waals surface area contributed by atoms with Crippen molar-refractivity contribution in [3.8, 4) is 0 Å². The van der Waals surface area contributed by atoms with Gasteiger partial charge in [-0.25, -0.2) is 0 Å². The first kappa shape index (κ1) is 13.4. The number of hydrogen-bond donors (Lipinski definition) is 1. The lowest BCUT2D eigenvalue weighted by Crippen LogP contribution is -2.17. The van der Waals surface area contributed by atoms with E-state index in [0.29, 0.717) is 12.0 Å². The molecule has 0 aliphatic carbocycles. The second kappa shape index (κ2) is 5.41. The maximum absolute atomic E-state index is 3.68. The highest BCUT2D eigenvalue weighted by Gasteiger charge is 2.30. The predicted molar refractivity (Wildman–Crippen MR) is 85.2 cm³/mol. The fourth-order valence-corrected chi connectivity index (χ4v) is 3.43. The van der Waals surface area contributed by atoms with E-state index >= 15 is 0 Å². The Morgan fingerprint density at radius 3 is 2.35 bits per heavy atom. The van der Waals surface area contributed by atoms with Gasteiger partial charge in [0.15, 0.2) is 0 Å². The second-order valence-corrected chi connectivity index (χ2v) is 6.03. The van der Waals surface area contributed by atoms with Crippen LogP contribution in [0.4, 0.5) is 0 Å². The van der Waals surface area contributed by atoms with Crippen LogP contribution in [-0.2, 0) is 0 Å². The normalized spacial score (nSPS) is 22.1. The first-order valence-corrected chi connectivity index (χ1v) is 7.53. The maximum Gasteiger partial charge on any atom is 0.0390 e. The molecule has 0 spiro atoms. The Morgan fingerprint density at radius 1 is 0.900 bits per heavy atom. The standard InChI is InChI=1S/C19H23N/c1-13-11-15(3)18(12-14(13)2)17-9-10-20-19(17)16-7-5-4-6-8-16/h4-8,11-12,17,19-20H,9-10H2,1-3H3. The SMILES string of the molecule is Cc1cc(C)c(C2CCNC2c2ccccc2)cc1C. The minimum absolute atomic E-state index is 0.456. The molecule has 3 rings (SSSR count). The van der Waals surface area contributed by atoms with Gasteiger partial charge in [0.05, 0.1) is 0 Å². The van der Waals surface area contributed by atoms with Crippen LogP contribution in [0.25, 0.3) is 0 Å².